The number of aryl methyl sites for hydroxylation is 1. The highest BCUT2D eigenvalue weighted by Gasteiger charge is 2.49. The molecular weight excluding hydrogens is 604 g/mol. The van der Waals surface area contributed by atoms with E-state index < -0.39 is 15.6 Å². The molecule has 46 heavy (non-hydrogen) atoms. The molecule has 244 valence electrons. The summed E-state index contributed by atoms with van der Waals surface area (Å²) >= 11 is 0. The molecule has 2 fully saturated rings. The van der Waals surface area contributed by atoms with E-state index in [1.807, 2.05) is 23.1 Å². The fourth-order valence-corrected chi connectivity index (χ4v) is 7.97. The zero-order valence-corrected chi connectivity index (χ0v) is 27.8. The molecular formula is C34H42N6O5S. The van der Waals surface area contributed by atoms with Crippen molar-refractivity contribution >= 4 is 33.6 Å². The van der Waals surface area contributed by atoms with Crippen molar-refractivity contribution in [3.8, 4) is 11.1 Å². The van der Waals surface area contributed by atoms with Crippen molar-refractivity contribution in [3.63, 3.8) is 0 Å². The Hall–Kier alpha value is -4.19. The van der Waals surface area contributed by atoms with E-state index in [1.54, 1.807) is 55.0 Å². The maximum atomic E-state index is 13.8. The van der Waals surface area contributed by atoms with Gasteiger partial charge < -0.3 is 14.3 Å². The van der Waals surface area contributed by atoms with Gasteiger partial charge in [-0.1, -0.05) is 67.7 Å². The highest BCUT2D eigenvalue weighted by molar-refractivity contribution is 7.92. The third-order valence-corrected chi connectivity index (χ3v) is 10.9. The quantitative estimate of drug-likeness (QED) is 0.278. The number of nitrogens with one attached hydrogen (secondary N) is 1. The van der Waals surface area contributed by atoms with Crippen LogP contribution in [0.15, 0.2) is 56.9 Å². The molecule has 2 aromatic carbocycles. The Balaban J connectivity index is 1.38. The van der Waals surface area contributed by atoms with E-state index in [9.17, 15) is 18.0 Å². The number of unbranched alkanes of at least 4 members (excludes halogenated alkanes) is 1. The molecule has 12 heteroatoms. The minimum atomic E-state index is -4.06. The molecule has 3 aromatic rings. The van der Waals surface area contributed by atoms with Crippen LogP contribution in [0.3, 0.4) is 0 Å². The molecule has 3 amide bonds. The molecule has 11 nitrogen and oxygen atoms in total. The summed E-state index contributed by atoms with van der Waals surface area (Å²) in [4.78, 5) is 37.2. The van der Waals surface area contributed by atoms with Crippen molar-refractivity contribution < 1.29 is 22.5 Å². The second kappa shape index (κ2) is 12.5. The van der Waals surface area contributed by atoms with Crippen LogP contribution in [0.25, 0.3) is 11.1 Å². The van der Waals surface area contributed by atoms with Crippen molar-refractivity contribution in [3.05, 3.63) is 64.9 Å². The highest BCUT2D eigenvalue weighted by atomic mass is 32.2. The van der Waals surface area contributed by atoms with Crippen molar-refractivity contribution in [1.29, 1.82) is 0 Å². The molecule has 1 aromatic heterocycles. The summed E-state index contributed by atoms with van der Waals surface area (Å²) in [6.45, 7) is 7.44. The van der Waals surface area contributed by atoms with Gasteiger partial charge in [-0.3, -0.25) is 19.4 Å². The lowest BCUT2D eigenvalue weighted by Crippen LogP contribution is -2.40. The van der Waals surface area contributed by atoms with Crippen LogP contribution >= 0.6 is 0 Å². The predicted octanol–water partition coefficient (Wildman–Crippen LogP) is 5.87. The van der Waals surface area contributed by atoms with Gasteiger partial charge in [-0.05, 0) is 55.9 Å². The summed E-state index contributed by atoms with van der Waals surface area (Å²) in [5, 5.41) is 3.89. The van der Waals surface area contributed by atoms with E-state index >= 15 is 0 Å². The summed E-state index contributed by atoms with van der Waals surface area (Å²) < 4.78 is 35.3. The van der Waals surface area contributed by atoms with E-state index in [2.05, 4.69) is 16.8 Å². The van der Waals surface area contributed by atoms with Crippen LogP contribution in [0.4, 0.5) is 10.6 Å². The summed E-state index contributed by atoms with van der Waals surface area (Å²) in [5.41, 5.74) is 2.88. The van der Waals surface area contributed by atoms with Gasteiger partial charge in [-0.25, -0.2) is 13.2 Å². The van der Waals surface area contributed by atoms with E-state index in [0.29, 0.717) is 48.6 Å². The second-order valence-electron chi connectivity index (χ2n) is 12.7. The molecule has 3 aliphatic rings. The van der Waals surface area contributed by atoms with Crippen LogP contribution in [0.2, 0.25) is 0 Å². The van der Waals surface area contributed by atoms with Gasteiger partial charge in [0.05, 0.1) is 11.4 Å². The van der Waals surface area contributed by atoms with Crippen molar-refractivity contribution in [2.75, 3.05) is 24.9 Å². The number of aliphatic imine (C=N–C) groups is 1. The van der Waals surface area contributed by atoms with Gasteiger partial charge in [0, 0.05) is 44.2 Å². The van der Waals surface area contributed by atoms with Gasteiger partial charge in [-0.15, -0.1) is 0 Å². The van der Waals surface area contributed by atoms with Gasteiger partial charge in [-0.2, -0.15) is 0 Å². The summed E-state index contributed by atoms with van der Waals surface area (Å²) in [5.74, 6) is 1.61. The number of sulfonamides is 1. The van der Waals surface area contributed by atoms with Crippen LogP contribution in [0.5, 0.6) is 0 Å². The average Bonchev–Trinajstić information content (AvgIpc) is 3.79. The molecule has 6 rings (SSSR count). The Kier molecular flexibility index (Phi) is 8.66. The summed E-state index contributed by atoms with van der Waals surface area (Å²) in [6.07, 6.45) is 6.33. The first kappa shape index (κ1) is 31.8. The number of urea groups is 1. The number of rotatable bonds is 11. The number of amides is 3. The Bertz CT molecular complexity index is 1790. The molecule has 0 radical (unpaired) electrons. The van der Waals surface area contributed by atoms with Gasteiger partial charge in [0.1, 0.15) is 17.1 Å². The molecule has 1 spiro atoms. The molecule has 1 N–H and O–H groups in total. The molecule has 2 aliphatic heterocycles. The van der Waals surface area contributed by atoms with Crippen LogP contribution < -0.4 is 4.72 Å². The van der Waals surface area contributed by atoms with E-state index in [4.69, 9.17) is 9.52 Å². The number of anilines is 1. The number of hydrogen-bond acceptors (Lipinski definition) is 7. The number of carbonyl (C=O) groups excluding carboxylic acids is 2. The summed E-state index contributed by atoms with van der Waals surface area (Å²) in [7, 11) is -2.29. The van der Waals surface area contributed by atoms with Gasteiger partial charge in [0.25, 0.3) is 15.9 Å². The zero-order valence-electron chi connectivity index (χ0n) is 27.0. The predicted molar refractivity (Wildman–Crippen MR) is 176 cm³/mol. The first-order valence-electron chi connectivity index (χ1n) is 16.1. The number of aromatic nitrogens is 1. The smallest absolute Gasteiger partial charge is 0.320 e. The monoisotopic (exact) mass is 646 g/mol. The number of hydrogen-bond donors (Lipinski definition) is 1. The van der Waals surface area contributed by atoms with Crippen LogP contribution in [0.1, 0.15) is 74.3 Å². The lowest BCUT2D eigenvalue weighted by Gasteiger charge is -2.24. The maximum absolute atomic E-state index is 13.8. The number of nitrogens with zero attached hydrogens (tertiary/aromatic N) is 5. The van der Waals surface area contributed by atoms with Gasteiger partial charge in [0.15, 0.2) is 5.82 Å². The average molecular weight is 647 g/mol. The number of carbonyl (C=O) groups is 2. The van der Waals surface area contributed by atoms with Gasteiger partial charge >= 0.3 is 6.03 Å². The van der Waals surface area contributed by atoms with E-state index in [1.165, 1.54) is 0 Å². The molecule has 0 unspecified atom stereocenters. The molecule has 0 bridgehead atoms. The largest absolute Gasteiger partial charge is 0.359 e. The van der Waals surface area contributed by atoms with E-state index in [-0.39, 0.29) is 22.7 Å². The lowest BCUT2D eigenvalue weighted by molar-refractivity contribution is -0.131. The van der Waals surface area contributed by atoms with Gasteiger partial charge in [0.2, 0.25) is 0 Å². The second-order valence-corrected chi connectivity index (χ2v) is 14.3. The lowest BCUT2D eigenvalue weighted by atomic mass is 9.96. The summed E-state index contributed by atoms with van der Waals surface area (Å²) in [6, 6.07) is 12.6. The first-order chi connectivity index (χ1) is 22.0. The Labute approximate surface area is 270 Å². The Morgan fingerprint density at radius 3 is 2.43 bits per heavy atom. The molecule has 1 saturated heterocycles. The third kappa shape index (κ3) is 5.90. The minimum Gasteiger partial charge on any atom is -0.359 e. The fraction of sp³-hybridized carbons (Fsp3) is 0.471. The Morgan fingerprint density at radius 1 is 1.00 bits per heavy atom. The Morgan fingerprint density at radius 2 is 1.76 bits per heavy atom. The topological polar surface area (TPSA) is 128 Å². The van der Waals surface area contributed by atoms with Crippen LogP contribution in [-0.4, -0.2) is 71.7 Å². The SMILES string of the molecule is CCCCC1=NC2(CCCC2)C(=O)N1Cc1ccc(-c2ccccc2S(=O)(=O)Nc2noc(C)c2C)c(CN2CCN(C)C2=O)c1. The standard InChI is InChI=1S/C34H42N6O5S/c1-5-6-13-30-35-34(16-9-10-17-34)32(41)40(30)21-25-14-15-27(26(20-25)22-39-19-18-38(4)33(39)42)28-11-7-8-12-29(28)46(43,44)37-31-23(2)24(3)45-36-31/h7-8,11-12,14-15,20H,5-6,9-10,13,16-19,21-22H2,1-4H3,(H,36,37). The van der Waals surface area contributed by atoms with Crippen molar-refractivity contribution in [1.82, 2.24) is 19.9 Å². The number of likely N-dealkylation sites (N-methyl/N-ethyl adjacent to an activating group) is 1. The molecule has 3 heterocycles. The highest BCUT2D eigenvalue weighted by Crippen LogP contribution is 2.40. The number of amidine groups is 1. The minimum absolute atomic E-state index is 0.0808. The maximum Gasteiger partial charge on any atom is 0.320 e. The molecule has 0 atom stereocenters. The fourth-order valence-electron chi connectivity index (χ4n) is 6.69. The first-order valence-corrected chi connectivity index (χ1v) is 17.6. The molecule has 1 saturated carbocycles. The van der Waals surface area contributed by atoms with Crippen LogP contribution in [-0.2, 0) is 27.9 Å². The van der Waals surface area contributed by atoms with Crippen molar-refractivity contribution in [2.24, 2.45) is 4.99 Å². The third-order valence-electron chi connectivity index (χ3n) is 9.51. The molecule has 1 aliphatic carbocycles. The van der Waals surface area contributed by atoms with Crippen LogP contribution in [0, 0.1) is 13.8 Å². The normalized spacial score (nSPS) is 17.9. The van der Waals surface area contributed by atoms with Crippen molar-refractivity contribution in [2.45, 2.75) is 89.2 Å². The number of benzene rings is 2. The zero-order chi connectivity index (χ0) is 32.6. The van der Waals surface area contributed by atoms with E-state index in [0.717, 1.165) is 61.9 Å².